The number of rotatable bonds is 4. The number of aromatic amines is 1. The van der Waals surface area contributed by atoms with Gasteiger partial charge in [0.1, 0.15) is 0 Å². The molecule has 2 heterocycles. The Morgan fingerprint density at radius 3 is 2.84 bits per heavy atom. The van der Waals surface area contributed by atoms with Crippen molar-refractivity contribution < 1.29 is 18.0 Å². The minimum atomic E-state index is -4.47. The van der Waals surface area contributed by atoms with E-state index in [4.69, 9.17) is 0 Å². The van der Waals surface area contributed by atoms with Gasteiger partial charge in [-0.25, -0.2) is 0 Å². The summed E-state index contributed by atoms with van der Waals surface area (Å²) in [5.41, 5.74) is -0.150. The summed E-state index contributed by atoms with van der Waals surface area (Å²) in [6.07, 6.45) is -2.34. The van der Waals surface area contributed by atoms with Crippen LogP contribution < -0.4 is 0 Å². The van der Waals surface area contributed by atoms with Gasteiger partial charge >= 0.3 is 6.18 Å². The molecular weight excluding hydrogens is 333 g/mol. The van der Waals surface area contributed by atoms with Crippen molar-refractivity contribution in [1.29, 1.82) is 0 Å². The molecule has 0 spiro atoms. The van der Waals surface area contributed by atoms with Crippen LogP contribution in [-0.2, 0) is 23.8 Å². The number of hydrogen-bond donors (Lipinski definition) is 1. The third-order valence-corrected chi connectivity index (χ3v) is 5.47. The Labute approximate surface area is 145 Å². The molecule has 1 aliphatic heterocycles. The summed E-state index contributed by atoms with van der Waals surface area (Å²) in [5, 5.41) is 5.93. The summed E-state index contributed by atoms with van der Waals surface area (Å²) in [6.45, 7) is 5.44. The maximum absolute atomic E-state index is 13.1. The van der Waals surface area contributed by atoms with E-state index in [1.807, 2.05) is 4.90 Å². The van der Waals surface area contributed by atoms with E-state index in [0.717, 1.165) is 19.5 Å². The molecule has 2 aliphatic rings. The van der Waals surface area contributed by atoms with Gasteiger partial charge in [-0.15, -0.1) is 0 Å². The Morgan fingerprint density at radius 1 is 1.40 bits per heavy atom. The number of carbonyl (C=O) groups excluding carboxylic acids is 1. The third-order valence-electron chi connectivity index (χ3n) is 5.47. The second kappa shape index (κ2) is 6.97. The van der Waals surface area contributed by atoms with Crippen molar-refractivity contribution in [1.82, 2.24) is 20.0 Å². The zero-order chi connectivity index (χ0) is 18.2. The number of hydrogen-bond acceptors (Lipinski definition) is 3. The summed E-state index contributed by atoms with van der Waals surface area (Å²) < 4.78 is 39.2. The lowest BCUT2D eigenvalue weighted by Crippen LogP contribution is -2.38. The molecule has 1 aliphatic carbocycles. The van der Waals surface area contributed by atoms with Gasteiger partial charge in [-0.2, -0.15) is 18.3 Å². The van der Waals surface area contributed by atoms with Crippen molar-refractivity contribution in [2.45, 2.75) is 38.8 Å². The average Bonchev–Trinajstić information content (AvgIpc) is 3.19. The molecule has 1 N–H and O–H groups in total. The molecule has 140 valence electrons. The number of likely N-dealkylation sites (tertiary alicyclic amines) is 1. The van der Waals surface area contributed by atoms with Crippen LogP contribution in [-0.4, -0.2) is 59.1 Å². The van der Waals surface area contributed by atoms with Gasteiger partial charge in [-0.1, -0.05) is 6.92 Å². The van der Waals surface area contributed by atoms with Gasteiger partial charge in [0.05, 0.1) is 0 Å². The second-order valence-corrected chi connectivity index (χ2v) is 7.26. The number of nitrogens with one attached hydrogen (secondary N) is 1. The SMILES string of the molecule is CCN(C)C[C@@H]1CCN(C(=O)[C@H]2CCc3[nH]nc(C(F)(F)F)c3C2)C1. The van der Waals surface area contributed by atoms with Crippen LogP contribution in [0.25, 0.3) is 0 Å². The molecule has 1 fully saturated rings. The summed E-state index contributed by atoms with van der Waals surface area (Å²) in [4.78, 5) is 16.9. The van der Waals surface area contributed by atoms with Crippen molar-refractivity contribution in [3.8, 4) is 0 Å². The van der Waals surface area contributed by atoms with Crippen molar-refractivity contribution >= 4 is 5.91 Å². The fourth-order valence-electron chi connectivity index (χ4n) is 3.95. The van der Waals surface area contributed by atoms with Gasteiger partial charge < -0.3 is 9.80 Å². The number of amides is 1. The number of carbonyl (C=O) groups is 1. The summed E-state index contributed by atoms with van der Waals surface area (Å²) >= 11 is 0. The van der Waals surface area contributed by atoms with Crippen molar-refractivity contribution in [2.75, 3.05) is 33.2 Å². The van der Waals surface area contributed by atoms with E-state index in [-0.39, 0.29) is 23.8 Å². The Balaban J connectivity index is 1.64. The lowest BCUT2D eigenvalue weighted by atomic mass is 9.85. The molecule has 1 amide bonds. The van der Waals surface area contributed by atoms with Crippen LogP contribution in [0.15, 0.2) is 0 Å². The van der Waals surface area contributed by atoms with Gasteiger partial charge in [0, 0.05) is 36.8 Å². The van der Waals surface area contributed by atoms with Gasteiger partial charge in [-0.3, -0.25) is 9.89 Å². The van der Waals surface area contributed by atoms with Crippen molar-refractivity contribution in [3.63, 3.8) is 0 Å². The maximum atomic E-state index is 13.1. The van der Waals surface area contributed by atoms with Crippen LogP contribution in [0, 0.1) is 11.8 Å². The number of alkyl halides is 3. The van der Waals surface area contributed by atoms with E-state index in [1.54, 1.807) is 0 Å². The fraction of sp³-hybridized carbons (Fsp3) is 0.765. The van der Waals surface area contributed by atoms with E-state index in [0.29, 0.717) is 37.5 Å². The van der Waals surface area contributed by atoms with E-state index in [2.05, 4.69) is 29.1 Å². The van der Waals surface area contributed by atoms with E-state index >= 15 is 0 Å². The highest BCUT2D eigenvalue weighted by Crippen LogP contribution is 2.36. The van der Waals surface area contributed by atoms with Crippen LogP contribution in [0.5, 0.6) is 0 Å². The molecule has 3 rings (SSSR count). The first-order valence-corrected chi connectivity index (χ1v) is 8.90. The molecule has 0 aromatic carbocycles. The largest absolute Gasteiger partial charge is 0.435 e. The summed E-state index contributed by atoms with van der Waals surface area (Å²) in [6, 6.07) is 0. The molecule has 8 heteroatoms. The molecule has 0 bridgehead atoms. The van der Waals surface area contributed by atoms with Gasteiger partial charge in [0.25, 0.3) is 0 Å². The summed E-state index contributed by atoms with van der Waals surface area (Å²) in [7, 11) is 2.06. The van der Waals surface area contributed by atoms with Crippen molar-refractivity contribution in [2.24, 2.45) is 11.8 Å². The zero-order valence-corrected chi connectivity index (χ0v) is 14.7. The summed E-state index contributed by atoms with van der Waals surface area (Å²) in [5.74, 6) is 0.0863. The number of aromatic nitrogens is 2. The minimum absolute atomic E-state index is 0.00151. The Kier molecular flexibility index (Phi) is 5.09. The number of nitrogens with zero attached hydrogens (tertiary/aromatic N) is 3. The van der Waals surface area contributed by atoms with Gasteiger partial charge in [0.2, 0.25) is 5.91 Å². The predicted octanol–water partition coefficient (Wildman–Crippen LogP) is 2.33. The van der Waals surface area contributed by atoms with Gasteiger partial charge in [-0.05, 0) is 45.2 Å². The van der Waals surface area contributed by atoms with Crippen LogP contribution in [0.2, 0.25) is 0 Å². The predicted molar refractivity (Wildman–Crippen MR) is 87.0 cm³/mol. The fourth-order valence-corrected chi connectivity index (χ4v) is 3.95. The Morgan fingerprint density at radius 2 is 2.16 bits per heavy atom. The van der Waals surface area contributed by atoms with Crippen molar-refractivity contribution in [3.05, 3.63) is 17.0 Å². The van der Waals surface area contributed by atoms with E-state index in [1.165, 1.54) is 0 Å². The molecule has 5 nitrogen and oxygen atoms in total. The van der Waals surface area contributed by atoms with Crippen LogP contribution >= 0.6 is 0 Å². The minimum Gasteiger partial charge on any atom is -0.342 e. The first-order valence-electron chi connectivity index (χ1n) is 8.90. The molecule has 1 aromatic heterocycles. The number of aryl methyl sites for hydroxylation is 1. The van der Waals surface area contributed by atoms with E-state index in [9.17, 15) is 18.0 Å². The highest BCUT2D eigenvalue weighted by atomic mass is 19.4. The Bertz CT molecular complexity index is 628. The highest BCUT2D eigenvalue weighted by molar-refractivity contribution is 5.80. The maximum Gasteiger partial charge on any atom is 0.435 e. The molecule has 2 atom stereocenters. The zero-order valence-electron chi connectivity index (χ0n) is 14.7. The molecule has 0 radical (unpaired) electrons. The first kappa shape index (κ1) is 18.2. The quantitative estimate of drug-likeness (QED) is 0.899. The molecular formula is C17H25F3N4O. The lowest BCUT2D eigenvalue weighted by Gasteiger charge is -2.27. The lowest BCUT2D eigenvalue weighted by molar-refractivity contribution is -0.142. The standard InChI is InChI=1S/C17H25F3N4O/c1-3-23(2)9-11-6-7-24(10-11)16(25)12-4-5-14-13(8-12)15(22-21-14)17(18,19)20/h11-12H,3-10H2,1-2H3,(H,21,22)/t11-,12-/m0/s1. The molecule has 1 saturated heterocycles. The van der Waals surface area contributed by atoms with E-state index < -0.39 is 11.9 Å². The Hall–Kier alpha value is -1.57. The highest BCUT2D eigenvalue weighted by Gasteiger charge is 2.41. The average molecular weight is 358 g/mol. The van der Waals surface area contributed by atoms with Crippen LogP contribution in [0.3, 0.4) is 0 Å². The second-order valence-electron chi connectivity index (χ2n) is 7.26. The normalized spacial score (nSPS) is 24.0. The third kappa shape index (κ3) is 3.83. The topological polar surface area (TPSA) is 52.2 Å². The smallest absolute Gasteiger partial charge is 0.342 e. The van der Waals surface area contributed by atoms with Crippen LogP contribution in [0.1, 0.15) is 36.7 Å². The monoisotopic (exact) mass is 358 g/mol. The van der Waals surface area contributed by atoms with Gasteiger partial charge in [0.15, 0.2) is 5.69 Å². The molecule has 25 heavy (non-hydrogen) atoms. The number of fused-ring (bicyclic) bond motifs is 1. The molecule has 0 unspecified atom stereocenters. The van der Waals surface area contributed by atoms with Crippen LogP contribution in [0.4, 0.5) is 13.2 Å². The molecule has 0 saturated carbocycles. The first-order chi connectivity index (χ1) is 11.8. The molecule has 1 aromatic rings. The number of halogens is 3. The number of H-pyrrole nitrogens is 1.